The van der Waals surface area contributed by atoms with Gasteiger partial charge in [0, 0.05) is 50.7 Å². The van der Waals surface area contributed by atoms with Crippen LogP contribution in [0.1, 0.15) is 57.4 Å². The molecule has 1 aromatic heterocycles. The first-order valence-corrected chi connectivity index (χ1v) is 15.9. The Morgan fingerprint density at radius 1 is 0.974 bits per heavy atom. The van der Waals surface area contributed by atoms with Gasteiger partial charge in [0.25, 0.3) is 0 Å². The lowest BCUT2D eigenvalue weighted by molar-refractivity contribution is -0.139. The molecule has 3 heterocycles. The quantitative estimate of drug-likeness (QED) is 0.255. The van der Waals surface area contributed by atoms with E-state index in [2.05, 4.69) is 52.0 Å². The highest BCUT2D eigenvalue weighted by molar-refractivity contribution is 7.99. The van der Waals surface area contributed by atoms with Gasteiger partial charge in [-0.2, -0.15) is 0 Å². The number of benzene rings is 1. The highest BCUT2D eigenvalue weighted by Crippen LogP contribution is 2.29. The Morgan fingerprint density at radius 3 is 2.44 bits per heavy atom. The summed E-state index contributed by atoms with van der Waals surface area (Å²) in [5.41, 5.74) is 1.37. The molecule has 210 valence electrons. The van der Waals surface area contributed by atoms with Crippen molar-refractivity contribution >= 4 is 41.0 Å². The molecule has 1 saturated carbocycles. The molecule has 2 saturated heterocycles. The number of aromatic nitrogens is 2. The summed E-state index contributed by atoms with van der Waals surface area (Å²) in [7, 11) is 0. The maximum atomic E-state index is 13.1. The number of carbonyl (C=O) groups is 2. The van der Waals surface area contributed by atoms with Gasteiger partial charge in [0.2, 0.25) is 11.8 Å². The third kappa shape index (κ3) is 7.46. The summed E-state index contributed by atoms with van der Waals surface area (Å²) < 4.78 is 0. The van der Waals surface area contributed by atoms with Gasteiger partial charge in [-0.25, -0.2) is 9.97 Å². The van der Waals surface area contributed by atoms with Gasteiger partial charge in [0.1, 0.15) is 11.0 Å². The van der Waals surface area contributed by atoms with E-state index in [1.807, 2.05) is 4.90 Å². The summed E-state index contributed by atoms with van der Waals surface area (Å²) >= 11 is 7.74. The second-order valence-corrected chi connectivity index (χ2v) is 12.6. The Hall–Kier alpha value is -2.32. The number of carbonyl (C=O) groups excluding carboxylic acids is 2. The molecule has 1 aliphatic carbocycles. The number of piperidine rings is 1. The molecule has 1 atom stereocenters. The number of nitrogens with zero attached hydrogens (tertiary/aromatic N) is 5. The van der Waals surface area contributed by atoms with Crippen molar-refractivity contribution in [2.24, 2.45) is 11.8 Å². The fourth-order valence-electron chi connectivity index (χ4n) is 6.24. The number of thioether (sulfide) groups is 1. The molecular formula is C30H40ClN5O2S. The van der Waals surface area contributed by atoms with E-state index >= 15 is 0 Å². The van der Waals surface area contributed by atoms with E-state index in [9.17, 15) is 9.59 Å². The van der Waals surface area contributed by atoms with E-state index in [1.165, 1.54) is 36.6 Å². The topological polar surface area (TPSA) is 69.6 Å². The first kappa shape index (κ1) is 28.2. The minimum atomic E-state index is 0.115. The van der Waals surface area contributed by atoms with Crippen molar-refractivity contribution in [3.63, 3.8) is 0 Å². The standard InChI is InChI=1S/C30H40ClN5O2S/c1-22-20-35(16-17-36(22)29(38)25-10-6-3-7-11-25)27-19-26(31)32-30(33-27)39-21-28(37)34-14-12-24(13-15-34)18-23-8-4-2-5-9-23/h2,4-5,8-9,19,22,24-25H,3,6-7,10-18,20-21H2,1H3. The molecule has 9 heteroatoms. The van der Waals surface area contributed by atoms with Crippen LogP contribution in [0.3, 0.4) is 0 Å². The van der Waals surface area contributed by atoms with Crippen LogP contribution in [0.25, 0.3) is 0 Å². The van der Waals surface area contributed by atoms with Gasteiger partial charge in [-0.1, -0.05) is 73.0 Å². The average molecular weight is 570 g/mol. The Balaban J connectivity index is 1.11. The van der Waals surface area contributed by atoms with Crippen LogP contribution in [-0.2, 0) is 16.0 Å². The van der Waals surface area contributed by atoms with Crippen molar-refractivity contribution in [3.8, 4) is 0 Å². The zero-order valence-electron chi connectivity index (χ0n) is 22.9. The summed E-state index contributed by atoms with van der Waals surface area (Å²) in [5.74, 6) is 2.35. The number of hydrogen-bond donors (Lipinski definition) is 0. The van der Waals surface area contributed by atoms with Gasteiger partial charge in [0.15, 0.2) is 5.16 Å². The molecule has 1 unspecified atom stereocenters. The highest BCUT2D eigenvalue weighted by atomic mass is 35.5. The molecular weight excluding hydrogens is 530 g/mol. The smallest absolute Gasteiger partial charge is 0.233 e. The number of halogens is 1. The van der Waals surface area contributed by atoms with Crippen LogP contribution in [0, 0.1) is 11.8 Å². The summed E-state index contributed by atoms with van der Waals surface area (Å²) in [4.78, 5) is 41.4. The molecule has 3 aliphatic rings. The van der Waals surface area contributed by atoms with Gasteiger partial charge in [-0.05, 0) is 50.5 Å². The first-order chi connectivity index (χ1) is 19.0. The summed E-state index contributed by atoms with van der Waals surface area (Å²) in [5, 5.41) is 0.906. The number of anilines is 1. The summed E-state index contributed by atoms with van der Waals surface area (Å²) in [6.45, 7) is 5.86. The molecule has 0 bridgehead atoms. The van der Waals surface area contributed by atoms with Gasteiger partial charge >= 0.3 is 0 Å². The molecule has 3 fully saturated rings. The SMILES string of the molecule is CC1CN(c2cc(Cl)nc(SCC(=O)N3CCC(Cc4ccccc4)CC3)n2)CCN1C(=O)C1CCCCC1. The third-order valence-electron chi connectivity index (χ3n) is 8.51. The minimum Gasteiger partial charge on any atom is -0.353 e. The van der Waals surface area contributed by atoms with Crippen LogP contribution in [0.15, 0.2) is 41.6 Å². The summed E-state index contributed by atoms with van der Waals surface area (Å²) in [6, 6.07) is 12.5. The van der Waals surface area contributed by atoms with E-state index in [-0.39, 0.29) is 17.9 Å². The molecule has 39 heavy (non-hydrogen) atoms. The normalized spacial score (nSPS) is 21.3. The number of piperazine rings is 1. The molecule has 7 nitrogen and oxygen atoms in total. The molecule has 0 spiro atoms. The van der Waals surface area contributed by atoms with E-state index in [4.69, 9.17) is 16.6 Å². The molecule has 2 aromatic rings. The van der Waals surface area contributed by atoms with Crippen molar-refractivity contribution in [1.82, 2.24) is 19.8 Å². The lowest BCUT2D eigenvalue weighted by atomic mass is 9.88. The molecule has 5 rings (SSSR count). The fraction of sp³-hybridized carbons (Fsp3) is 0.600. The number of rotatable bonds is 7. The van der Waals surface area contributed by atoms with Crippen LogP contribution in [-0.4, -0.2) is 76.1 Å². The van der Waals surface area contributed by atoms with Crippen LogP contribution in [0.4, 0.5) is 5.82 Å². The Bertz CT molecular complexity index is 1120. The van der Waals surface area contributed by atoms with Crippen LogP contribution in [0.2, 0.25) is 5.15 Å². The predicted molar refractivity (Wildman–Crippen MR) is 157 cm³/mol. The van der Waals surface area contributed by atoms with Crippen LogP contribution < -0.4 is 4.90 Å². The minimum absolute atomic E-state index is 0.115. The maximum Gasteiger partial charge on any atom is 0.233 e. The van der Waals surface area contributed by atoms with Crippen LogP contribution in [0.5, 0.6) is 0 Å². The molecule has 2 aliphatic heterocycles. The zero-order chi connectivity index (χ0) is 27.2. The molecule has 0 N–H and O–H groups in total. The van der Waals surface area contributed by atoms with E-state index in [1.54, 1.807) is 6.07 Å². The number of hydrogen-bond acceptors (Lipinski definition) is 6. The van der Waals surface area contributed by atoms with Gasteiger partial charge in [0.05, 0.1) is 5.75 Å². The lowest BCUT2D eigenvalue weighted by Crippen LogP contribution is -2.55. The maximum absolute atomic E-state index is 13.1. The van der Waals surface area contributed by atoms with Crippen molar-refractivity contribution in [1.29, 1.82) is 0 Å². The average Bonchev–Trinajstić information content (AvgIpc) is 2.96. The molecule has 0 radical (unpaired) electrons. The van der Waals surface area contributed by atoms with Crippen LogP contribution >= 0.6 is 23.4 Å². The highest BCUT2D eigenvalue weighted by Gasteiger charge is 2.33. The van der Waals surface area contributed by atoms with E-state index < -0.39 is 0 Å². The predicted octanol–water partition coefficient (Wildman–Crippen LogP) is 5.32. The Labute approximate surface area is 241 Å². The number of likely N-dealkylation sites (tertiary alicyclic amines) is 1. The van der Waals surface area contributed by atoms with Crippen molar-refractivity contribution in [2.75, 3.05) is 43.4 Å². The molecule has 2 amide bonds. The second kappa shape index (κ2) is 13.4. The molecule has 1 aromatic carbocycles. The second-order valence-electron chi connectivity index (χ2n) is 11.3. The lowest BCUT2D eigenvalue weighted by Gasteiger charge is -2.42. The van der Waals surface area contributed by atoms with Gasteiger partial charge in [-0.15, -0.1) is 0 Å². The number of amides is 2. The van der Waals surface area contributed by atoms with Gasteiger partial charge in [-0.3, -0.25) is 9.59 Å². The van der Waals surface area contributed by atoms with Crippen molar-refractivity contribution in [2.45, 2.75) is 69.5 Å². The Kier molecular flexibility index (Phi) is 9.66. The van der Waals surface area contributed by atoms with Crippen molar-refractivity contribution < 1.29 is 9.59 Å². The fourth-order valence-corrected chi connectivity index (χ4v) is 7.22. The van der Waals surface area contributed by atoms with Gasteiger partial charge < -0.3 is 14.7 Å². The third-order valence-corrected chi connectivity index (χ3v) is 9.53. The Morgan fingerprint density at radius 2 is 1.72 bits per heavy atom. The van der Waals surface area contributed by atoms with Crippen molar-refractivity contribution in [3.05, 3.63) is 47.1 Å². The van der Waals surface area contributed by atoms with E-state index in [0.29, 0.717) is 41.0 Å². The summed E-state index contributed by atoms with van der Waals surface area (Å²) in [6.07, 6.45) is 8.79. The first-order valence-electron chi connectivity index (χ1n) is 14.5. The largest absolute Gasteiger partial charge is 0.353 e. The zero-order valence-corrected chi connectivity index (χ0v) is 24.5. The van der Waals surface area contributed by atoms with E-state index in [0.717, 1.165) is 57.6 Å². The monoisotopic (exact) mass is 569 g/mol.